The van der Waals surface area contributed by atoms with Crippen LogP contribution < -0.4 is 0 Å². The van der Waals surface area contributed by atoms with Gasteiger partial charge in [-0.3, -0.25) is 18.6 Å². The molecule has 10 heteroatoms. The van der Waals surface area contributed by atoms with Crippen molar-refractivity contribution in [2.75, 3.05) is 47.5 Å². The van der Waals surface area contributed by atoms with Crippen LogP contribution >= 0.6 is 7.82 Å². The average Bonchev–Trinajstić information content (AvgIpc) is 1.08. The van der Waals surface area contributed by atoms with E-state index in [-0.39, 0.29) is 32.0 Å². The van der Waals surface area contributed by atoms with E-state index in [2.05, 4.69) is 196 Å². The Bertz CT molecular complexity index is 2320. The van der Waals surface area contributed by atoms with Gasteiger partial charge in [-0.25, -0.2) is 4.57 Å². The van der Waals surface area contributed by atoms with Crippen molar-refractivity contribution in [2.24, 2.45) is 0 Å². The maximum absolute atomic E-state index is 12.9. The molecular weight excluding hydrogens is 1230 g/mol. The number of rotatable bonds is 71. The van der Waals surface area contributed by atoms with Gasteiger partial charge in [0.05, 0.1) is 27.7 Å². The molecule has 0 saturated heterocycles. The molecule has 2 atom stereocenters. The lowest BCUT2D eigenvalue weighted by molar-refractivity contribution is -0.870. The number of phosphoric ester groups is 1. The fourth-order valence-electron chi connectivity index (χ4n) is 10.5. The summed E-state index contributed by atoms with van der Waals surface area (Å²) in [4.78, 5) is 36.0. The maximum atomic E-state index is 12.9. The van der Waals surface area contributed by atoms with Crippen molar-refractivity contribution in [1.82, 2.24) is 0 Å². The Hall–Kier alpha value is -4.89. The molecule has 0 aliphatic carbocycles. The van der Waals surface area contributed by atoms with Gasteiger partial charge in [0, 0.05) is 12.8 Å². The molecule has 0 radical (unpaired) electrons. The lowest BCUT2D eigenvalue weighted by atomic mass is 10.0. The number of carbonyl (C=O) groups is 2. The van der Waals surface area contributed by atoms with E-state index in [1.165, 1.54) is 135 Å². The zero-order valence-electron chi connectivity index (χ0n) is 63.5. The zero-order valence-corrected chi connectivity index (χ0v) is 64.3. The number of ether oxygens (including phenoxy) is 2. The Kier molecular flexibility index (Phi) is 72.5. The summed E-state index contributed by atoms with van der Waals surface area (Å²) in [6, 6.07) is 0. The van der Waals surface area contributed by atoms with Crippen LogP contribution in [0.2, 0.25) is 0 Å². The van der Waals surface area contributed by atoms with Gasteiger partial charge in [-0.2, -0.15) is 0 Å². The molecule has 2 unspecified atom stereocenters. The number of quaternary nitrogens is 1. The molecular formula is C88H147NO8P+. The minimum atomic E-state index is -4.41. The van der Waals surface area contributed by atoms with Gasteiger partial charge in [-0.05, 0) is 135 Å². The number of hydrogen-bond acceptors (Lipinski definition) is 7. The minimum absolute atomic E-state index is 0.0233. The number of esters is 2. The smallest absolute Gasteiger partial charge is 0.462 e. The molecule has 0 aromatic rings. The SMILES string of the molecule is CC/C=C\C/C=C\C/C=C\C/C=C\C/C=C\C/C=C\C/C=C\C/C=C\C/C=C\CCCCCCCCCCCC(=O)OC(COC(=O)CCCCCCCCCCCCCCCCCCCC/C=C\C/C=C\C/C=C\C/C=C\C/C=C\C/C=C\CC)COP(=O)(O)OCC[N+](C)(C)C. The van der Waals surface area contributed by atoms with Crippen molar-refractivity contribution < 1.29 is 42.1 Å². The molecule has 1 N–H and O–H groups in total. The van der Waals surface area contributed by atoms with Crippen LogP contribution in [0.4, 0.5) is 0 Å². The van der Waals surface area contributed by atoms with Crippen molar-refractivity contribution in [1.29, 1.82) is 0 Å². The third-order valence-electron chi connectivity index (χ3n) is 16.4. The molecule has 0 fully saturated rings. The summed E-state index contributed by atoms with van der Waals surface area (Å²) in [6.45, 7) is 4.20. The van der Waals surface area contributed by atoms with Gasteiger partial charge in [0.2, 0.25) is 0 Å². The molecule has 0 aliphatic heterocycles. The van der Waals surface area contributed by atoms with Crippen LogP contribution in [0.15, 0.2) is 182 Å². The van der Waals surface area contributed by atoms with Gasteiger partial charge in [0.1, 0.15) is 19.8 Å². The molecule has 0 amide bonds. The highest BCUT2D eigenvalue weighted by Gasteiger charge is 2.27. The Morgan fingerprint density at radius 3 is 0.816 bits per heavy atom. The van der Waals surface area contributed by atoms with Crippen molar-refractivity contribution in [3.05, 3.63) is 182 Å². The van der Waals surface area contributed by atoms with Gasteiger partial charge < -0.3 is 18.9 Å². The molecule has 0 bridgehead atoms. The van der Waals surface area contributed by atoms with Gasteiger partial charge in [-0.1, -0.05) is 344 Å². The fourth-order valence-corrected chi connectivity index (χ4v) is 11.2. The van der Waals surface area contributed by atoms with Gasteiger partial charge in [0.15, 0.2) is 6.10 Å². The Balaban J connectivity index is 4.05. The number of allylic oxidation sites excluding steroid dienone is 30. The summed E-state index contributed by atoms with van der Waals surface area (Å²) >= 11 is 0. The largest absolute Gasteiger partial charge is 0.472 e. The first-order chi connectivity index (χ1) is 48.0. The molecule has 98 heavy (non-hydrogen) atoms. The van der Waals surface area contributed by atoms with Crippen molar-refractivity contribution in [2.45, 2.75) is 315 Å². The van der Waals surface area contributed by atoms with Crippen LogP contribution in [0.1, 0.15) is 309 Å². The zero-order chi connectivity index (χ0) is 71.1. The molecule has 0 spiro atoms. The second kappa shape index (κ2) is 76.3. The average molecular weight is 1380 g/mol. The molecule has 0 aliphatic rings. The predicted molar refractivity (Wildman–Crippen MR) is 426 cm³/mol. The van der Waals surface area contributed by atoms with E-state index in [0.717, 1.165) is 141 Å². The summed E-state index contributed by atoms with van der Waals surface area (Å²) in [7, 11) is 1.46. The topological polar surface area (TPSA) is 108 Å². The van der Waals surface area contributed by atoms with Crippen LogP contribution in [-0.2, 0) is 32.7 Å². The highest BCUT2D eigenvalue weighted by Crippen LogP contribution is 2.43. The fraction of sp³-hybridized carbons (Fsp3) is 0.636. The molecule has 0 heterocycles. The molecule has 0 saturated carbocycles. The van der Waals surface area contributed by atoms with Gasteiger partial charge in [0.25, 0.3) is 0 Å². The molecule has 9 nitrogen and oxygen atoms in total. The number of phosphoric acid groups is 1. The van der Waals surface area contributed by atoms with E-state index in [0.29, 0.717) is 17.4 Å². The first-order valence-electron chi connectivity index (χ1n) is 39.5. The van der Waals surface area contributed by atoms with E-state index in [1.807, 2.05) is 21.1 Å². The van der Waals surface area contributed by atoms with E-state index in [9.17, 15) is 19.0 Å². The van der Waals surface area contributed by atoms with E-state index < -0.39 is 26.5 Å². The Labute approximate surface area is 603 Å². The Morgan fingerprint density at radius 1 is 0.316 bits per heavy atom. The lowest BCUT2D eigenvalue weighted by Crippen LogP contribution is -2.37. The number of unbranched alkanes of at least 4 members (excludes halogenated alkanes) is 27. The molecule has 556 valence electrons. The van der Waals surface area contributed by atoms with Crippen molar-refractivity contribution in [3.8, 4) is 0 Å². The number of hydrogen-bond donors (Lipinski definition) is 1. The summed E-state index contributed by atoms with van der Waals surface area (Å²) in [5.41, 5.74) is 0. The van der Waals surface area contributed by atoms with Crippen LogP contribution in [0.25, 0.3) is 0 Å². The van der Waals surface area contributed by atoms with Crippen LogP contribution in [0.5, 0.6) is 0 Å². The van der Waals surface area contributed by atoms with E-state index in [4.69, 9.17) is 18.5 Å². The van der Waals surface area contributed by atoms with E-state index in [1.54, 1.807) is 0 Å². The van der Waals surface area contributed by atoms with Gasteiger partial charge >= 0.3 is 19.8 Å². The quantitative estimate of drug-likeness (QED) is 0.0211. The van der Waals surface area contributed by atoms with Crippen molar-refractivity contribution >= 4 is 19.8 Å². The third kappa shape index (κ3) is 80.1. The Morgan fingerprint density at radius 2 is 0.551 bits per heavy atom. The summed E-state index contributed by atoms with van der Waals surface area (Å²) in [5, 5.41) is 0. The van der Waals surface area contributed by atoms with Crippen LogP contribution in [0, 0.1) is 0 Å². The number of carbonyl (C=O) groups excluding carboxylic acids is 2. The molecule has 0 aromatic heterocycles. The van der Waals surface area contributed by atoms with E-state index >= 15 is 0 Å². The maximum Gasteiger partial charge on any atom is 0.472 e. The first kappa shape index (κ1) is 93.1. The van der Waals surface area contributed by atoms with Crippen LogP contribution in [-0.4, -0.2) is 74.9 Å². The molecule has 0 rings (SSSR count). The summed E-state index contributed by atoms with van der Waals surface area (Å²) < 4.78 is 34.8. The second-order valence-electron chi connectivity index (χ2n) is 27.0. The van der Waals surface area contributed by atoms with Gasteiger partial charge in [-0.15, -0.1) is 0 Å². The summed E-state index contributed by atoms with van der Waals surface area (Å²) in [5.74, 6) is -0.806. The first-order valence-corrected chi connectivity index (χ1v) is 41.0. The summed E-state index contributed by atoms with van der Waals surface area (Å²) in [6.07, 6.45) is 117. The standard InChI is InChI=1S/C88H146NO8P/c1-6-8-10-12-14-16-18-20-22-24-26-28-30-32-34-36-38-40-42-44-46-48-50-52-54-56-58-60-62-64-66-68-70-72-74-76-78-80-87(90)94-84-86(85-96-98(92,93)95-83-82-89(3,4)5)97-88(91)81-79-77-75-73-71-69-67-65-63-61-59-57-55-53-51-49-47-45-43-41-39-37-35-33-31-29-27-25-23-21-19-17-15-13-11-9-7-2/h8-11,14-17,20-23,26-29,32-35,38-41,45,47,51,53,57,59,86H,6-7,12-13,18-19,24-25,30-31,36-37,42-44,46,48-50,52,54-56,58,60-85H2,1-5H3/p+1/b10-8-,11-9-,16-14-,17-15-,22-20-,23-21-,28-26-,29-27-,34-32-,35-33-,40-38-,41-39-,47-45-,53-51-,59-57-. The second-order valence-corrected chi connectivity index (χ2v) is 28.4. The monoisotopic (exact) mass is 1380 g/mol. The highest BCUT2D eigenvalue weighted by molar-refractivity contribution is 7.47. The normalized spacial score (nSPS) is 14.1. The number of likely N-dealkylation sites (N-methyl/N-ethyl adjacent to an activating group) is 1. The van der Waals surface area contributed by atoms with Crippen LogP contribution in [0.3, 0.4) is 0 Å². The lowest BCUT2D eigenvalue weighted by Gasteiger charge is -2.24. The highest BCUT2D eigenvalue weighted by atomic mass is 31.2. The van der Waals surface area contributed by atoms with Crippen molar-refractivity contribution in [3.63, 3.8) is 0 Å². The molecule has 0 aromatic carbocycles. The third-order valence-corrected chi connectivity index (χ3v) is 17.4. The number of nitrogens with zero attached hydrogens (tertiary/aromatic N) is 1. The minimum Gasteiger partial charge on any atom is -0.462 e. The predicted octanol–water partition coefficient (Wildman–Crippen LogP) is 26.6.